The van der Waals surface area contributed by atoms with Crippen molar-refractivity contribution in [2.75, 3.05) is 0 Å². The molecule has 0 rings (SSSR count). The van der Waals surface area contributed by atoms with Gasteiger partial charge in [-0.2, -0.15) is 5.26 Å². The van der Waals surface area contributed by atoms with Crippen LogP contribution in [0.1, 0.15) is 20.8 Å². The van der Waals surface area contributed by atoms with Gasteiger partial charge in [0.05, 0.1) is 0 Å². The van der Waals surface area contributed by atoms with Gasteiger partial charge in [-0.25, -0.2) is 0 Å². The van der Waals surface area contributed by atoms with Gasteiger partial charge in [0, 0.05) is 0 Å². The van der Waals surface area contributed by atoms with Crippen LogP contribution in [0.25, 0.3) is 0 Å². The molecule has 0 fully saturated rings. The molecule has 60 valence electrons. The number of hydrogen-bond acceptors (Lipinski definition) is 2. The molecule has 0 aliphatic heterocycles. The normalized spacial score (nSPS) is 10.0. The molecule has 0 radical (unpaired) electrons. The summed E-state index contributed by atoms with van der Waals surface area (Å²) in [6.45, 7) is 12.9. The molecule has 0 bridgehead atoms. The maximum atomic E-state index is 8.35. The van der Waals surface area contributed by atoms with E-state index < -0.39 is 5.60 Å². The van der Waals surface area contributed by atoms with Crippen LogP contribution in [0.2, 0.25) is 0 Å². The summed E-state index contributed by atoms with van der Waals surface area (Å²) in [5.74, 6) is 0. The molecule has 0 unspecified atom stereocenters. The summed E-state index contributed by atoms with van der Waals surface area (Å²) in [7, 11) is 0. The second kappa shape index (κ2) is 3.25. The smallest absolute Gasteiger partial charge is 0.287 e. The van der Waals surface area contributed by atoms with Crippen molar-refractivity contribution in [3.63, 3.8) is 0 Å². The standard InChI is InChI=1S/C9H13NO/c1-7(2)9(5,8(3)4)11-6-10/h1,3H2,2,4-5H3. The lowest BCUT2D eigenvalue weighted by molar-refractivity contribution is 0.127. The van der Waals surface area contributed by atoms with Gasteiger partial charge in [0.2, 0.25) is 0 Å². The first-order chi connectivity index (χ1) is 4.95. The van der Waals surface area contributed by atoms with Crippen molar-refractivity contribution in [3.8, 4) is 6.26 Å². The molecule has 0 amide bonds. The second-order valence-corrected chi connectivity index (χ2v) is 2.79. The van der Waals surface area contributed by atoms with Gasteiger partial charge in [-0.15, -0.1) is 0 Å². The molecule has 2 heteroatoms. The molecule has 0 spiro atoms. The molecule has 0 aromatic heterocycles. The van der Waals surface area contributed by atoms with Crippen molar-refractivity contribution in [2.24, 2.45) is 0 Å². The minimum atomic E-state index is -0.700. The quantitative estimate of drug-likeness (QED) is 0.458. The maximum Gasteiger partial charge on any atom is 0.287 e. The lowest BCUT2D eigenvalue weighted by Gasteiger charge is -2.26. The zero-order chi connectivity index (χ0) is 9.07. The molecule has 11 heavy (non-hydrogen) atoms. The Bertz CT molecular complexity index is 208. The van der Waals surface area contributed by atoms with E-state index in [0.29, 0.717) is 0 Å². The van der Waals surface area contributed by atoms with Crippen molar-refractivity contribution >= 4 is 0 Å². The van der Waals surface area contributed by atoms with Crippen molar-refractivity contribution in [1.82, 2.24) is 0 Å². The van der Waals surface area contributed by atoms with Gasteiger partial charge >= 0.3 is 0 Å². The van der Waals surface area contributed by atoms with Crippen LogP contribution in [0.5, 0.6) is 0 Å². The number of hydrogen-bond donors (Lipinski definition) is 0. The Morgan fingerprint density at radius 1 is 1.36 bits per heavy atom. The Hall–Kier alpha value is -1.23. The summed E-state index contributed by atoms with van der Waals surface area (Å²) in [4.78, 5) is 0. The zero-order valence-corrected chi connectivity index (χ0v) is 7.27. The van der Waals surface area contributed by atoms with Crippen molar-refractivity contribution < 1.29 is 4.74 Å². The molecular formula is C9H13NO. The topological polar surface area (TPSA) is 33.0 Å². The Morgan fingerprint density at radius 2 is 1.73 bits per heavy atom. The fourth-order valence-electron chi connectivity index (χ4n) is 0.630. The van der Waals surface area contributed by atoms with Gasteiger partial charge in [0.15, 0.2) is 5.60 Å². The number of ether oxygens (including phenoxy) is 1. The first kappa shape index (κ1) is 9.77. The number of rotatable bonds is 3. The monoisotopic (exact) mass is 151 g/mol. The van der Waals surface area contributed by atoms with Crippen LogP contribution in [-0.2, 0) is 4.74 Å². The summed E-state index contributed by atoms with van der Waals surface area (Å²) >= 11 is 0. The Kier molecular flexibility index (Phi) is 2.88. The van der Waals surface area contributed by atoms with Gasteiger partial charge in [-0.05, 0) is 31.9 Å². The fourth-order valence-corrected chi connectivity index (χ4v) is 0.630. The molecule has 0 aliphatic rings. The molecule has 0 heterocycles. The summed E-state index contributed by atoms with van der Waals surface area (Å²) in [5, 5.41) is 8.35. The first-order valence-electron chi connectivity index (χ1n) is 3.34. The van der Waals surface area contributed by atoms with Crippen LogP contribution in [-0.4, -0.2) is 5.60 Å². The molecule has 0 aromatic rings. The highest BCUT2D eigenvalue weighted by Crippen LogP contribution is 2.26. The minimum absolute atomic E-state index is 0.700. The van der Waals surface area contributed by atoms with Crippen molar-refractivity contribution in [2.45, 2.75) is 26.4 Å². The molecule has 0 N–H and O–H groups in total. The highest BCUT2D eigenvalue weighted by molar-refractivity contribution is 5.25. The molecule has 0 saturated heterocycles. The second-order valence-electron chi connectivity index (χ2n) is 2.79. The Labute approximate surface area is 67.8 Å². The SMILES string of the molecule is C=C(C)C(C)(OC#N)C(=C)C. The van der Waals surface area contributed by atoms with Crippen LogP contribution in [0, 0.1) is 11.5 Å². The third-order valence-electron chi connectivity index (χ3n) is 1.88. The van der Waals surface area contributed by atoms with E-state index in [9.17, 15) is 0 Å². The van der Waals surface area contributed by atoms with E-state index in [-0.39, 0.29) is 0 Å². The number of nitrogens with zero attached hydrogens (tertiary/aromatic N) is 1. The zero-order valence-electron chi connectivity index (χ0n) is 7.27. The molecule has 0 atom stereocenters. The summed E-state index contributed by atoms with van der Waals surface area (Å²) in [6, 6.07) is 0. The Balaban J connectivity index is 4.70. The Morgan fingerprint density at radius 3 is 1.82 bits per heavy atom. The summed E-state index contributed by atoms with van der Waals surface area (Å²) in [6.07, 6.45) is 1.65. The van der Waals surface area contributed by atoms with E-state index in [1.54, 1.807) is 13.2 Å². The molecule has 0 saturated carbocycles. The largest absolute Gasteiger partial charge is 0.412 e. The average molecular weight is 151 g/mol. The van der Waals surface area contributed by atoms with Gasteiger partial charge in [-0.3, -0.25) is 0 Å². The third-order valence-corrected chi connectivity index (χ3v) is 1.88. The lowest BCUT2D eigenvalue weighted by Crippen LogP contribution is -2.28. The van der Waals surface area contributed by atoms with Crippen molar-refractivity contribution in [3.05, 3.63) is 24.3 Å². The van der Waals surface area contributed by atoms with Crippen LogP contribution in [0.3, 0.4) is 0 Å². The molecule has 0 aliphatic carbocycles. The molecular weight excluding hydrogens is 138 g/mol. The van der Waals surface area contributed by atoms with Crippen LogP contribution >= 0.6 is 0 Å². The summed E-state index contributed by atoms with van der Waals surface area (Å²) in [5.41, 5.74) is 0.868. The number of nitriles is 1. The van der Waals surface area contributed by atoms with Gasteiger partial charge < -0.3 is 4.74 Å². The van der Waals surface area contributed by atoms with E-state index in [2.05, 4.69) is 13.2 Å². The summed E-state index contributed by atoms with van der Waals surface area (Å²) < 4.78 is 4.86. The van der Waals surface area contributed by atoms with Crippen LogP contribution in [0.4, 0.5) is 0 Å². The third kappa shape index (κ3) is 1.84. The van der Waals surface area contributed by atoms with E-state index in [1.807, 2.05) is 13.8 Å². The fraction of sp³-hybridized carbons (Fsp3) is 0.444. The van der Waals surface area contributed by atoms with E-state index >= 15 is 0 Å². The van der Waals surface area contributed by atoms with Gasteiger partial charge in [0.1, 0.15) is 0 Å². The van der Waals surface area contributed by atoms with Crippen molar-refractivity contribution in [1.29, 1.82) is 5.26 Å². The minimum Gasteiger partial charge on any atom is -0.412 e. The predicted octanol–water partition coefficient (Wildman–Crippen LogP) is 2.39. The lowest BCUT2D eigenvalue weighted by atomic mass is 9.91. The maximum absolute atomic E-state index is 8.35. The van der Waals surface area contributed by atoms with Gasteiger partial charge in [0.25, 0.3) is 6.26 Å². The van der Waals surface area contributed by atoms with Crippen LogP contribution in [0.15, 0.2) is 24.3 Å². The van der Waals surface area contributed by atoms with E-state index in [1.165, 1.54) is 0 Å². The molecule has 0 aromatic carbocycles. The molecule has 2 nitrogen and oxygen atoms in total. The first-order valence-corrected chi connectivity index (χ1v) is 3.34. The van der Waals surface area contributed by atoms with E-state index in [0.717, 1.165) is 11.1 Å². The predicted molar refractivity (Wildman–Crippen MR) is 44.7 cm³/mol. The highest BCUT2D eigenvalue weighted by atomic mass is 16.5. The highest BCUT2D eigenvalue weighted by Gasteiger charge is 2.28. The van der Waals surface area contributed by atoms with Crippen LogP contribution < -0.4 is 0 Å². The van der Waals surface area contributed by atoms with E-state index in [4.69, 9.17) is 10.00 Å². The average Bonchev–Trinajstić information content (AvgIpc) is 1.87. The van der Waals surface area contributed by atoms with Gasteiger partial charge in [-0.1, -0.05) is 13.2 Å².